The predicted octanol–water partition coefficient (Wildman–Crippen LogP) is 4.08. The van der Waals surface area contributed by atoms with Gasteiger partial charge in [0, 0.05) is 15.1 Å². The number of hydrogen-bond acceptors (Lipinski definition) is 6. The highest BCUT2D eigenvalue weighted by Gasteiger charge is 2.35. The fourth-order valence-corrected chi connectivity index (χ4v) is 3.89. The monoisotopic (exact) mass is 510 g/mol. The molecule has 0 saturated carbocycles. The molecule has 3 rings (SSSR count). The fourth-order valence-electron chi connectivity index (χ4n) is 2.53. The van der Waals surface area contributed by atoms with Crippen molar-refractivity contribution in [1.82, 2.24) is 4.90 Å². The van der Waals surface area contributed by atoms with Gasteiger partial charge in [0.05, 0.1) is 11.4 Å². The number of ether oxygens (including phenoxy) is 2. The standard InChI is InChI=1S/C20H16BrClN2O5S/c21-13-1-6-16(29-11-18(23)25)12(9-13)10-17-19(26)24(20(27)30-17)7-8-28-15-4-2-14(22)3-5-15/h1-6,9-10H,7-8,11H2,(H2,23,25)/b17-10-. The minimum Gasteiger partial charge on any atom is -0.492 e. The summed E-state index contributed by atoms with van der Waals surface area (Å²) >= 11 is 10.0. The molecule has 1 heterocycles. The molecule has 10 heteroatoms. The zero-order valence-electron chi connectivity index (χ0n) is 15.5. The average molecular weight is 512 g/mol. The highest BCUT2D eigenvalue weighted by atomic mass is 79.9. The molecule has 3 amide bonds. The van der Waals surface area contributed by atoms with Gasteiger partial charge in [0.25, 0.3) is 17.1 Å². The number of benzene rings is 2. The van der Waals surface area contributed by atoms with Crippen molar-refractivity contribution in [3.8, 4) is 11.5 Å². The molecule has 1 fully saturated rings. The van der Waals surface area contributed by atoms with Crippen molar-refractivity contribution >= 4 is 62.4 Å². The molecular formula is C20H16BrClN2O5S. The average Bonchev–Trinajstić information content (AvgIpc) is 2.96. The Morgan fingerprint density at radius 2 is 1.90 bits per heavy atom. The molecule has 0 bridgehead atoms. The number of rotatable bonds is 8. The van der Waals surface area contributed by atoms with Gasteiger partial charge < -0.3 is 15.2 Å². The molecule has 0 aliphatic carbocycles. The molecule has 156 valence electrons. The molecule has 0 unspecified atom stereocenters. The maximum atomic E-state index is 12.7. The largest absolute Gasteiger partial charge is 0.492 e. The van der Waals surface area contributed by atoms with E-state index < -0.39 is 11.8 Å². The summed E-state index contributed by atoms with van der Waals surface area (Å²) in [5.41, 5.74) is 5.66. The summed E-state index contributed by atoms with van der Waals surface area (Å²) in [6.45, 7) is -0.0447. The van der Waals surface area contributed by atoms with E-state index in [0.29, 0.717) is 22.1 Å². The normalized spacial score (nSPS) is 15.0. The van der Waals surface area contributed by atoms with Crippen molar-refractivity contribution in [2.24, 2.45) is 5.73 Å². The third-order valence-electron chi connectivity index (χ3n) is 3.90. The van der Waals surface area contributed by atoms with Crippen LogP contribution in [0.15, 0.2) is 51.8 Å². The molecule has 2 N–H and O–H groups in total. The van der Waals surface area contributed by atoms with Gasteiger partial charge in [0.15, 0.2) is 6.61 Å². The number of nitrogens with two attached hydrogens (primary N) is 1. The van der Waals surface area contributed by atoms with Gasteiger partial charge in [-0.1, -0.05) is 27.5 Å². The first-order chi connectivity index (χ1) is 14.3. The van der Waals surface area contributed by atoms with Crippen LogP contribution in [0.25, 0.3) is 6.08 Å². The minimum atomic E-state index is -0.620. The minimum absolute atomic E-state index is 0.105. The maximum absolute atomic E-state index is 12.7. The van der Waals surface area contributed by atoms with E-state index in [0.717, 1.165) is 21.1 Å². The van der Waals surface area contributed by atoms with Crippen molar-refractivity contribution in [2.75, 3.05) is 19.8 Å². The Labute approximate surface area is 190 Å². The molecule has 2 aromatic rings. The van der Waals surface area contributed by atoms with Gasteiger partial charge in [-0.05, 0) is 60.3 Å². The molecule has 1 saturated heterocycles. The van der Waals surface area contributed by atoms with Gasteiger partial charge in [-0.25, -0.2) is 0 Å². The Balaban J connectivity index is 1.69. The Kier molecular flexibility index (Phi) is 7.41. The van der Waals surface area contributed by atoms with Crippen LogP contribution in [-0.2, 0) is 9.59 Å². The van der Waals surface area contributed by atoms with Crippen molar-refractivity contribution in [1.29, 1.82) is 0 Å². The number of primary amides is 1. The van der Waals surface area contributed by atoms with Gasteiger partial charge >= 0.3 is 0 Å². The summed E-state index contributed by atoms with van der Waals surface area (Å²) in [6, 6.07) is 11.9. The van der Waals surface area contributed by atoms with E-state index in [1.807, 2.05) is 0 Å². The topological polar surface area (TPSA) is 98.9 Å². The summed E-state index contributed by atoms with van der Waals surface area (Å²) in [7, 11) is 0. The Morgan fingerprint density at radius 3 is 2.60 bits per heavy atom. The number of thioether (sulfide) groups is 1. The number of nitrogens with zero attached hydrogens (tertiary/aromatic N) is 1. The van der Waals surface area contributed by atoms with Crippen LogP contribution in [0.3, 0.4) is 0 Å². The Bertz CT molecular complexity index is 1010. The van der Waals surface area contributed by atoms with Gasteiger partial charge in [-0.3, -0.25) is 19.3 Å². The highest BCUT2D eigenvalue weighted by molar-refractivity contribution is 9.10. The van der Waals surface area contributed by atoms with E-state index in [1.165, 1.54) is 0 Å². The molecule has 1 aliphatic heterocycles. The first-order valence-corrected chi connectivity index (χ1v) is 10.7. The summed E-state index contributed by atoms with van der Waals surface area (Å²) < 4.78 is 11.7. The van der Waals surface area contributed by atoms with E-state index in [9.17, 15) is 14.4 Å². The van der Waals surface area contributed by atoms with Crippen LogP contribution < -0.4 is 15.2 Å². The van der Waals surface area contributed by atoms with Crippen LogP contribution in [0.1, 0.15) is 5.56 Å². The Morgan fingerprint density at radius 1 is 1.17 bits per heavy atom. The van der Waals surface area contributed by atoms with Gasteiger partial charge in [-0.15, -0.1) is 0 Å². The molecule has 7 nitrogen and oxygen atoms in total. The van der Waals surface area contributed by atoms with Crippen LogP contribution in [-0.4, -0.2) is 41.7 Å². The van der Waals surface area contributed by atoms with Gasteiger partial charge in [0.2, 0.25) is 0 Å². The van der Waals surface area contributed by atoms with E-state index in [2.05, 4.69) is 15.9 Å². The maximum Gasteiger partial charge on any atom is 0.293 e. The lowest BCUT2D eigenvalue weighted by Gasteiger charge is -2.13. The lowest BCUT2D eigenvalue weighted by molar-refractivity contribution is -0.123. The van der Waals surface area contributed by atoms with Crippen molar-refractivity contribution in [3.05, 3.63) is 62.4 Å². The molecule has 0 radical (unpaired) electrons. The second kappa shape index (κ2) is 10.0. The number of carbonyl (C=O) groups excluding carboxylic acids is 3. The van der Waals surface area contributed by atoms with Crippen LogP contribution in [0.5, 0.6) is 11.5 Å². The first-order valence-electron chi connectivity index (χ1n) is 8.68. The lowest BCUT2D eigenvalue weighted by atomic mass is 10.2. The van der Waals surface area contributed by atoms with E-state index in [1.54, 1.807) is 48.5 Å². The molecule has 1 aliphatic rings. The lowest BCUT2D eigenvalue weighted by Crippen LogP contribution is -2.32. The number of carbonyl (C=O) groups is 3. The molecule has 0 spiro atoms. The molecule has 2 aromatic carbocycles. The van der Waals surface area contributed by atoms with Crippen molar-refractivity contribution in [3.63, 3.8) is 0 Å². The molecule has 0 aromatic heterocycles. The third kappa shape index (κ3) is 5.78. The fraction of sp³-hybridized carbons (Fsp3) is 0.150. The van der Waals surface area contributed by atoms with Gasteiger partial charge in [0.1, 0.15) is 18.1 Å². The summed E-state index contributed by atoms with van der Waals surface area (Å²) in [5, 5.41) is 0.200. The number of imide groups is 1. The molecule has 30 heavy (non-hydrogen) atoms. The van der Waals surface area contributed by atoms with Crippen LogP contribution in [0, 0.1) is 0 Å². The van der Waals surface area contributed by atoms with Crippen LogP contribution in [0.2, 0.25) is 5.02 Å². The van der Waals surface area contributed by atoms with E-state index in [4.69, 9.17) is 26.8 Å². The summed E-state index contributed by atoms with van der Waals surface area (Å²) in [4.78, 5) is 37.3. The van der Waals surface area contributed by atoms with Crippen LogP contribution in [0.4, 0.5) is 4.79 Å². The highest BCUT2D eigenvalue weighted by Crippen LogP contribution is 2.34. The predicted molar refractivity (Wildman–Crippen MR) is 118 cm³/mol. The van der Waals surface area contributed by atoms with E-state index >= 15 is 0 Å². The number of halogens is 2. The van der Waals surface area contributed by atoms with Crippen molar-refractivity contribution in [2.45, 2.75) is 0 Å². The molecule has 0 atom stereocenters. The summed E-state index contributed by atoms with van der Waals surface area (Å²) in [6.07, 6.45) is 1.55. The van der Waals surface area contributed by atoms with E-state index in [-0.39, 0.29) is 29.9 Å². The first kappa shape index (κ1) is 22.2. The quantitative estimate of drug-likeness (QED) is 0.536. The summed E-state index contributed by atoms with van der Waals surface area (Å²) in [5.74, 6) is -0.0856. The second-order valence-corrected chi connectivity index (χ2v) is 8.42. The van der Waals surface area contributed by atoms with Gasteiger partial charge in [-0.2, -0.15) is 0 Å². The SMILES string of the molecule is NC(=O)COc1ccc(Br)cc1/C=C1\SC(=O)N(CCOc2ccc(Cl)cc2)C1=O. The Hall–Kier alpha value is -2.49. The number of amides is 3. The second-order valence-electron chi connectivity index (χ2n) is 6.07. The number of hydrogen-bond donors (Lipinski definition) is 1. The zero-order chi connectivity index (χ0) is 21.7. The zero-order valence-corrected chi connectivity index (χ0v) is 18.6. The smallest absolute Gasteiger partial charge is 0.293 e. The van der Waals surface area contributed by atoms with Crippen LogP contribution >= 0.6 is 39.3 Å². The molecular weight excluding hydrogens is 496 g/mol. The third-order valence-corrected chi connectivity index (χ3v) is 5.55. The van der Waals surface area contributed by atoms with Crippen molar-refractivity contribution < 1.29 is 23.9 Å².